The molecule has 6 nitrogen and oxygen atoms in total. The molecule has 0 aromatic carbocycles. The van der Waals surface area contributed by atoms with Gasteiger partial charge in [0.05, 0.1) is 5.60 Å². The fourth-order valence-corrected chi connectivity index (χ4v) is 2.53. The average Bonchev–Trinajstić information content (AvgIpc) is 2.58. The highest BCUT2D eigenvalue weighted by molar-refractivity contribution is 5.74. The molecule has 0 radical (unpaired) electrons. The maximum absolute atomic E-state index is 12.0. The Bertz CT molecular complexity index is 345. The van der Waals surface area contributed by atoms with Gasteiger partial charge in [-0.25, -0.2) is 4.79 Å². The van der Waals surface area contributed by atoms with Crippen molar-refractivity contribution in [2.45, 2.75) is 63.9 Å². The van der Waals surface area contributed by atoms with Crippen molar-refractivity contribution in [1.82, 2.24) is 10.2 Å². The van der Waals surface area contributed by atoms with E-state index in [2.05, 4.69) is 5.32 Å². The zero-order chi connectivity index (χ0) is 15.7. The van der Waals surface area contributed by atoms with E-state index in [9.17, 15) is 14.7 Å². The van der Waals surface area contributed by atoms with Crippen molar-refractivity contribution in [2.75, 3.05) is 19.6 Å². The van der Waals surface area contributed by atoms with Crippen molar-refractivity contribution >= 4 is 12.0 Å². The molecule has 1 aliphatic rings. The molecule has 122 valence electrons. The molecule has 6 heteroatoms. The van der Waals surface area contributed by atoms with E-state index in [0.717, 1.165) is 32.1 Å². The smallest absolute Gasteiger partial charge is 0.317 e. The Balaban J connectivity index is 2.09. The van der Waals surface area contributed by atoms with Gasteiger partial charge in [-0.1, -0.05) is 12.8 Å². The molecule has 2 amide bonds. The predicted molar refractivity (Wildman–Crippen MR) is 80.2 cm³/mol. The zero-order valence-electron chi connectivity index (χ0n) is 12.9. The van der Waals surface area contributed by atoms with Crippen LogP contribution in [0.15, 0.2) is 0 Å². The lowest BCUT2D eigenvalue weighted by atomic mass is 9.98. The van der Waals surface area contributed by atoms with E-state index in [0.29, 0.717) is 32.5 Å². The monoisotopic (exact) mass is 300 g/mol. The van der Waals surface area contributed by atoms with Crippen molar-refractivity contribution < 1.29 is 19.8 Å². The van der Waals surface area contributed by atoms with Crippen molar-refractivity contribution in [3.63, 3.8) is 0 Å². The third-order valence-corrected chi connectivity index (χ3v) is 3.94. The molecule has 0 aromatic rings. The van der Waals surface area contributed by atoms with Crippen LogP contribution in [0.25, 0.3) is 0 Å². The minimum Gasteiger partial charge on any atom is -0.481 e. The summed E-state index contributed by atoms with van der Waals surface area (Å²) in [6.45, 7) is 3.74. The molecule has 0 aliphatic carbocycles. The molecule has 0 aromatic heterocycles. The Labute approximate surface area is 126 Å². The fraction of sp³-hybridized carbons (Fsp3) is 0.867. The second kappa shape index (κ2) is 8.87. The van der Waals surface area contributed by atoms with Crippen LogP contribution in [-0.4, -0.2) is 52.3 Å². The van der Waals surface area contributed by atoms with Gasteiger partial charge in [-0.3, -0.25) is 4.79 Å². The molecule has 1 atom stereocenters. The van der Waals surface area contributed by atoms with Crippen LogP contribution in [0.5, 0.6) is 0 Å². The van der Waals surface area contributed by atoms with E-state index < -0.39 is 11.6 Å². The SMILES string of the molecule is CC1(O)CCCN(C(=O)NCCCCCCC(=O)O)CC1. The van der Waals surface area contributed by atoms with Crippen molar-refractivity contribution in [1.29, 1.82) is 0 Å². The molecule has 1 fully saturated rings. The van der Waals surface area contributed by atoms with Gasteiger partial charge in [0.1, 0.15) is 0 Å². The highest BCUT2D eigenvalue weighted by Crippen LogP contribution is 2.21. The Hall–Kier alpha value is -1.30. The summed E-state index contributed by atoms with van der Waals surface area (Å²) in [5, 5.41) is 21.4. The van der Waals surface area contributed by atoms with Gasteiger partial charge in [-0.05, 0) is 39.0 Å². The molecule has 1 heterocycles. The number of hydrogen-bond donors (Lipinski definition) is 3. The Morgan fingerprint density at radius 2 is 1.86 bits per heavy atom. The summed E-state index contributed by atoms with van der Waals surface area (Å²) in [6.07, 6.45) is 5.80. The van der Waals surface area contributed by atoms with Crippen LogP contribution in [0.4, 0.5) is 4.79 Å². The fourth-order valence-electron chi connectivity index (χ4n) is 2.53. The molecular weight excluding hydrogens is 272 g/mol. The van der Waals surface area contributed by atoms with Crippen LogP contribution < -0.4 is 5.32 Å². The maximum atomic E-state index is 12.0. The minimum absolute atomic E-state index is 0.0572. The Kier molecular flexibility index (Phi) is 7.50. The molecule has 1 saturated heterocycles. The van der Waals surface area contributed by atoms with Crippen LogP contribution in [-0.2, 0) is 4.79 Å². The van der Waals surface area contributed by atoms with Crippen LogP contribution in [0.3, 0.4) is 0 Å². The largest absolute Gasteiger partial charge is 0.481 e. The second-order valence-electron chi connectivity index (χ2n) is 6.13. The van der Waals surface area contributed by atoms with Gasteiger partial charge in [-0.15, -0.1) is 0 Å². The first-order valence-corrected chi connectivity index (χ1v) is 7.88. The van der Waals surface area contributed by atoms with Gasteiger partial charge in [-0.2, -0.15) is 0 Å². The molecule has 3 N–H and O–H groups in total. The van der Waals surface area contributed by atoms with Gasteiger partial charge in [0.15, 0.2) is 0 Å². The number of hydrogen-bond acceptors (Lipinski definition) is 3. The number of nitrogens with zero attached hydrogens (tertiary/aromatic N) is 1. The topological polar surface area (TPSA) is 89.9 Å². The van der Waals surface area contributed by atoms with Gasteiger partial charge in [0.2, 0.25) is 0 Å². The Morgan fingerprint density at radius 3 is 2.57 bits per heavy atom. The summed E-state index contributed by atoms with van der Waals surface area (Å²) in [5.74, 6) is -0.750. The summed E-state index contributed by atoms with van der Waals surface area (Å²) < 4.78 is 0. The first kappa shape index (κ1) is 17.8. The summed E-state index contributed by atoms with van der Waals surface area (Å²) in [4.78, 5) is 24.1. The molecular formula is C15H28N2O4. The zero-order valence-corrected chi connectivity index (χ0v) is 12.9. The highest BCUT2D eigenvalue weighted by atomic mass is 16.4. The lowest BCUT2D eigenvalue weighted by Gasteiger charge is -2.22. The number of carbonyl (C=O) groups is 2. The van der Waals surface area contributed by atoms with Crippen LogP contribution in [0.1, 0.15) is 58.3 Å². The minimum atomic E-state index is -0.750. The molecule has 0 spiro atoms. The third kappa shape index (κ3) is 7.90. The molecule has 1 rings (SSSR count). The molecule has 0 saturated carbocycles. The van der Waals surface area contributed by atoms with Crippen molar-refractivity contribution in [3.8, 4) is 0 Å². The van der Waals surface area contributed by atoms with Gasteiger partial charge in [0, 0.05) is 26.1 Å². The number of nitrogens with one attached hydrogen (secondary N) is 1. The second-order valence-corrected chi connectivity index (χ2v) is 6.13. The normalized spacial score (nSPS) is 22.7. The van der Waals surface area contributed by atoms with E-state index in [1.807, 2.05) is 6.92 Å². The number of likely N-dealkylation sites (tertiary alicyclic amines) is 1. The van der Waals surface area contributed by atoms with E-state index in [1.54, 1.807) is 4.90 Å². The predicted octanol–water partition coefficient (Wildman–Crippen LogP) is 1.97. The lowest BCUT2D eigenvalue weighted by molar-refractivity contribution is -0.137. The quantitative estimate of drug-likeness (QED) is 0.627. The number of rotatable bonds is 7. The number of carboxylic acids is 1. The van der Waals surface area contributed by atoms with Crippen LogP contribution in [0, 0.1) is 0 Å². The molecule has 1 unspecified atom stereocenters. The van der Waals surface area contributed by atoms with Crippen molar-refractivity contribution in [2.24, 2.45) is 0 Å². The number of carboxylic acid groups (broad SMARTS) is 1. The standard InChI is InChI=1S/C15H28N2O4/c1-15(21)8-6-11-17(12-9-15)14(20)16-10-5-3-2-4-7-13(18)19/h21H,2-12H2,1H3,(H,16,20)(H,18,19). The number of carbonyl (C=O) groups excluding carboxylic acids is 1. The van der Waals surface area contributed by atoms with E-state index >= 15 is 0 Å². The summed E-state index contributed by atoms with van der Waals surface area (Å²) in [7, 11) is 0. The number of urea groups is 1. The van der Waals surface area contributed by atoms with Gasteiger partial charge >= 0.3 is 12.0 Å². The number of aliphatic hydroxyl groups is 1. The summed E-state index contributed by atoms with van der Waals surface area (Å²) >= 11 is 0. The molecule has 21 heavy (non-hydrogen) atoms. The van der Waals surface area contributed by atoms with E-state index in [4.69, 9.17) is 5.11 Å². The first-order valence-electron chi connectivity index (χ1n) is 7.88. The third-order valence-electron chi connectivity index (χ3n) is 3.94. The van der Waals surface area contributed by atoms with Gasteiger partial charge < -0.3 is 20.4 Å². The number of amides is 2. The Morgan fingerprint density at radius 1 is 1.14 bits per heavy atom. The van der Waals surface area contributed by atoms with Crippen LogP contribution >= 0.6 is 0 Å². The average molecular weight is 300 g/mol. The summed E-state index contributed by atoms with van der Waals surface area (Å²) in [6, 6.07) is -0.0572. The number of unbranched alkanes of at least 4 members (excludes halogenated alkanes) is 3. The highest BCUT2D eigenvalue weighted by Gasteiger charge is 2.26. The van der Waals surface area contributed by atoms with Crippen LogP contribution in [0.2, 0.25) is 0 Å². The van der Waals surface area contributed by atoms with E-state index in [1.165, 1.54) is 0 Å². The van der Waals surface area contributed by atoms with Crippen molar-refractivity contribution in [3.05, 3.63) is 0 Å². The summed E-state index contributed by atoms with van der Waals surface area (Å²) in [5.41, 5.74) is -0.654. The first-order chi connectivity index (χ1) is 9.91. The lowest BCUT2D eigenvalue weighted by Crippen LogP contribution is -2.41. The van der Waals surface area contributed by atoms with Gasteiger partial charge in [0.25, 0.3) is 0 Å². The molecule has 1 aliphatic heterocycles. The molecule has 0 bridgehead atoms. The maximum Gasteiger partial charge on any atom is 0.317 e. The van der Waals surface area contributed by atoms with E-state index in [-0.39, 0.29) is 12.5 Å². The number of aliphatic carboxylic acids is 1.